The Morgan fingerprint density at radius 3 is 2.28 bits per heavy atom. The maximum absolute atomic E-state index is 13.7. The number of rotatable bonds is 6. The van der Waals surface area contributed by atoms with Crippen LogP contribution < -0.4 is 10.6 Å². The lowest BCUT2D eigenvalue weighted by Crippen LogP contribution is -2.59. The lowest BCUT2D eigenvalue weighted by molar-refractivity contribution is -0.145. The van der Waals surface area contributed by atoms with E-state index in [1.807, 2.05) is 85.2 Å². The van der Waals surface area contributed by atoms with E-state index in [2.05, 4.69) is 15.6 Å². The Bertz CT molecular complexity index is 1100. The van der Waals surface area contributed by atoms with Crippen LogP contribution in [0.4, 0.5) is 0 Å². The predicted molar refractivity (Wildman–Crippen MR) is 144 cm³/mol. The molecule has 3 rings (SSSR count). The maximum atomic E-state index is 13.7. The highest BCUT2D eigenvalue weighted by Crippen LogP contribution is 2.30. The normalized spacial score (nSPS) is 19.2. The molecule has 1 aliphatic rings. The van der Waals surface area contributed by atoms with Crippen LogP contribution in [0, 0.1) is 23.7 Å². The van der Waals surface area contributed by atoms with Crippen LogP contribution in [0.15, 0.2) is 29.8 Å². The van der Waals surface area contributed by atoms with Gasteiger partial charge in [-0.3, -0.25) is 14.4 Å². The monoisotopic (exact) mass is 512 g/mol. The molecule has 2 aromatic rings. The molecule has 36 heavy (non-hydrogen) atoms. The molecule has 8 heteroatoms. The molecule has 1 aromatic carbocycles. The average Bonchev–Trinajstić information content (AvgIpc) is 3.39. The highest BCUT2D eigenvalue weighted by Gasteiger charge is 2.44. The summed E-state index contributed by atoms with van der Waals surface area (Å²) in [5, 5.41) is 5.99. The summed E-state index contributed by atoms with van der Waals surface area (Å²) in [6.07, 6.45) is 0.602. The first-order valence-electron chi connectivity index (χ1n) is 12.6. The number of nitrogens with zero attached hydrogens (tertiary/aromatic N) is 2. The second-order valence-electron chi connectivity index (χ2n) is 12.1. The molecule has 1 aliphatic heterocycles. The molecule has 196 valence electrons. The molecule has 0 unspecified atom stereocenters. The van der Waals surface area contributed by atoms with Crippen LogP contribution in [0.25, 0.3) is 10.4 Å². The van der Waals surface area contributed by atoms with Gasteiger partial charge in [0, 0.05) is 18.5 Å². The van der Waals surface area contributed by atoms with Gasteiger partial charge in [0.25, 0.3) is 0 Å². The highest BCUT2D eigenvalue weighted by atomic mass is 32.1. The number of carbonyl (C=O) groups excluding carboxylic acids is 3. The third-order valence-electron chi connectivity index (χ3n) is 6.59. The van der Waals surface area contributed by atoms with Crippen molar-refractivity contribution in [2.24, 2.45) is 16.7 Å². The minimum atomic E-state index is -0.715. The van der Waals surface area contributed by atoms with Gasteiger partial charge < -0.3 is 15.5 Å². The molecule has 0 bridgehead atoms. The molecule has 0 aliphatic carbocycles. The number of amides is 3. The fourth-order valence-electron chi connectivity index (χ4n) is 4.36. The molecule has 3 atom stereocenters. The Balaban J connectivity index is 1.69. The van der Waals surface area contributed by atoms with E-state index in [1.165, 1.54) is 0 Å². The summed E-state index contributed by atoms with van der Waals surface area (Å²) in [5.41, 5.74) is 3.83. The third kappa shape index (κ3) is 6.52. The summed E-state index contributed by atoms with van der Waals surface area (Å²) in [6.45, 7) is 16.2. The summed E-state index contributed by atoms with van der Waals surface area (Å²) >= 11 is 1.61. The fraction of sp³-hybridized carbons (Fsp3) is 0.571. The van der Waals surface area contributed by atoms with Crippen LogP contribution >= 0.6 is 11.3 Å². The highest BCUT2D eigenvalue weighted by molar-refractivity contribution is 7.13. The molecule has 1 fully saturated rings. The van der Waals surface area contributed by atoms with Crippen LogP contribution in [0.2, 0.25) is 0 Å². The van der Waals surface area contributed by atoms with Crippen molar-refractivity contribution >= 4 is 29.1 Å². The van der Waals surface area contributed by atoms with Crippen molar-refractivity contribution in [2.75, 3.05) is 6.54 Å². The van der Waals surface area contributed by atoms with Crippen LogP contribution in [-0.4, -0.2) is 46.2 Å². The Morgan fingerprint density at radius 1 is 1.11 bits per heavy atom. The lowest BCUT2D eigenvalue weighted by Gasteiger charge is -2.36. The first-order chi connectivity index (χ1) is 16.7. The Kier molecular flexibility index (Phi) is 8.28. The van der Waals surface area contributed by atoms with Crippen molar-refractivity contribution in [3.63, 3.8) is 0 Å². The number of aryl methyl sites for hydroxylation is 1. The van der Waals surface area contributed by atoms with Crippen molar-refractivity contribution < 1.29 is 14.4 Å². The van der Waals surface area contributed by atoms with Crippen LogP contribution in [0.3, 0.4) is 0 Å². The number of hydrogen-bond donors (Lipinski definition) is 2. The van der Waals surface area contributed by atoms with Gasteiger partial charge in [-0.05, 0) is 35.8 Å². The number of benzene rings is 1. The van der Waals surface area contributed by atoms with E-state index in [0.29, 0.717) is 19.5 Å². The molecule has 1 aromatic heterocycles. The molecule has 0 spiro atoms. The summed E-state index contributed by atoms with van der Waals surface area (Å²) in [6, 6.07) is 6.83. The summed E-state index contributed by atoms with van der Waals surface area (Å²) in [7, 11) is 0. The molecular weight excluding hydrogens is 472 g/mol. The SMILES string of the molecule is Cc1ncsc1-c1ccc(CNC(=O)[C@H]2C[C@H](C)CN2C(=O)[C@H](NC(=O)C(C)(C)C)C(C)(C)C)cc1. The average molecular weight is 513 g/mol. The molecule has 7 nitrogen and oxygen atoms in total. The fourth-order valence-corrected chi connectivity index (χ4v) is 5.17. The van der Waals surface area contributed by atoms with Crippen molar-refractivity contribution in [2.45, 2.75) is 80.4 Å². The van der Waals surface area contributed by atoms with E-state index in [0.717, 1.165) is 21.7 Å². The van der Waals surface area contributed by atoms with E-state index in [9.17, 15) is 14.4 Å². The number of likely N-dealkylation sites (tertiary alicyclic amines) is 1. The van der Waals surface area contributed by atoms with Gasteiger partial charge in [0.2, 0.25) is 17.7 Å². The molecule has 2 N–H and O–H groups in total. The first-order valence-corrected chi connectivity index (χ1v) is 13.4. The van der Waals surface area contributed by atoms with Gasteiger partial charge in [-0.15, -0.1) is 11.3 Å². The Hall–Kier alpha value is -2.74. The second-order valence-corrected chi connectivity index (χ2v) is 12.9. The molecular formula is C28H40N4O3S. The van der Waals surface area contributed by atoms with Gasteiger partial charge in [0.1, 0.15) is 12.1 Å². The van der Waals surface area contributed by atoms with E-state index < -0.39 is 22.9 Å². The van der Waals surface area contributed by atoms with Crippen molar-refractivity contribution in [1.82, 2.24) is 20.5 Å². The van der Waals surface area contributed by atoms with E-state index in [1.54, 1.807) is 16.2 Å². The minimum absolute atomic E-state index is 0.162. The number of aromatic nitrogens is 1. The number of hydrogen-bond acceptors (Lipinski definition) is 5. The van der Waals surface area contributed by atoms with Crippen molar-refractivity contribution in [3.05, 3.63) is 41.0 Å². The third-order valence-corrected chi connectivity index (χ3v) is 7.57. The number of carbonyl (C=O) groups is 3. The van der Waals surface area contributed by atoms with Gasteiger partial charge in [0.05, 0.1) is 16.1 Å². The number of thiazole rings is 1. The van der Waals surface area contributed by atoms with Gasteiger partial charge in [-0.1, -0.05) is 72.7 Å². The summed E-state index contributed by atoms with van der Waals surface area (Å²) < 4.78 is 0. The van der Waals surface area contributed by atoms with Crippen LogP contribution in [0.1, 0.15) is 66.1 Å². The molecule has 1 saturated heterocycles. The molecule has 3 amide bonds. The van der Waals surface area contributed by atoms with Gasteiger partial charge in [-0.2, -0.15) is 0 Å². The minimum Gasteiger partial charge on any atom is -0.350 e. The smallest absolute Gasteiger partial charge is 0.246 e. The van der Waals surface area contributed by atoms with Gasteiger partial charge >= 0.3 is 0 Å². The lowest BCUT2D eigenvalue weighted by atomic mass is 9.84. The van der Waals surface area contributed by atoms with E-state index in [-0.39, 0.29) is 23.6 Å². The van der Waals surface area contributed by atoms with Crippen molar-refractivity contribution in [3.8, 4) is 10.4 Å². The molecule has 0 radical (unpaired) electrons. The zero-order chi connectivity index (χ0) is 26.8. The van der Waals surface area contributed by atoms with E-state index in [4.69, 9.17) is 0 Å². The van der Waals surface area contributed by atoms with Gasteiger partial charge in [0.15, 0.2) is 0 Å². The zero-order valence-electron chi connectivity index (χ0n) is 22.8. The number of nitrogens with one attached hydrogen (secondary N) is 2. The zero-order valence-corrected chi connectivity index (χ0v) is 23.6. The summed E-state index contributed by atoms with van der Waals surface area (Å²) in [4.78, 5) is 46.8. The Morgan fingerprint density at radius 2 is 1.75 bits per heavy atom. The Labute approximate surface area is 219 Å². The predicted octanol–water partition coefficient (Wildman–Crippen LogP) is 4.55. The largest absolute Gasteiger partial charge is 0.350 e. The van der Waals surface area contributed by atoms with Crippen LogP contribution in [0.5, 0.6) is 0 Å². The standard InChI is InChI=1S/C28H40N4O3S/c1-17-13-21(32(15-17)25(34)23(27(3,4)5)31-26(35)28(6,7)8)24(33)29-14-19-9-11-20(12-10-19)22-18(2)30-16-36-22/h9-12,16-17,21,23H,13-15H2,1-8H3,(H,29,33)(H,31,35)/t17-,21+,23-/m0/s1. The first kappa shape index (κ1) is 27.8. The molecule has 0 saturated carbocycles. The molecule has 2 heterocycles. The van der Waals surface area contributed by atoms with Gasteiger partial charge in [-0.25, -0.2) is 4.98 Å². The topological polar surface area (TPSA) is 91.4 Å². The van der Waals surface area contributed by atoms with Crippen LogP contribution in [-0.2, 0) is 20.9 Å². The summed E-state index contributed by atoms with van der Waals surface area (Å²) in [5.74, 6) is -0.342. The van der Waals surface area contributed by atoms with E-state index >= 15 is 0 Å². The second kappa shape index (κ2) is 10.7. The quantitative estimate of drug-likeness (QED) is 0.594. The van der Waals surface area contributed by atoms with Crippen molar-refractivity contribution in [1.29, 1.82) is 0 Å². The maximum Gasteiger partial charge on any atom is 0.246 e.